The maximum atomic E-state index is 12.2. The molecular formula is C14H17NO2S. The number of nitrogens with two attached hydrogens (primary N) is 1. The Kier molecular flexibility index (Phi) is 3.99. The predicted molar refractivity (Wildman–Crippen MR) is 72.6 cm³/mol. The molecule has 0 aliphatic heterocycles. The Labute approximate surface area is 109 Å². The highest BCUT2D eigenvalue weighted by atomic mass is 32.2. The largest absolute Gasteiger partial charge is 0.464 e. The van der Waals surface area contributed by atoms with Gasteiger partial charge in [-0.1, -0.05) is 6.07 Å². The van der Waals surface area contributed by atoms with Gasteiger partial charge >= 0.3 is 0 Å². The average molecular weight is 263 g/mol. The van der Waals surface area contributed by atoms with Crippen molar-refractivity contribution < 1.29 is 8.63 Å². The minimum absolute atomic E-state index is 0.371. The Hall–Kier alpha value is -1.39. The molecule has 18 heavy (non-hydrogen) atoms. The lowest BCUT2D eigenvalue weighted by atomic mass is 10.1. The highest BCUT2D eigenvalue weighted by molar-refractivity contribution is 7.84. The Morgan fingerprint density at radius 2 is 1.83 bits per heavy atom. The molecule has 1 aromatic heterocycles. The fraction of sp³-hybridized carbons (Fsp3) is 0.286. The smallest absolute Gasteiger partial charge is 0.117 e. The van der Waals surface area contributed by atoms with Crippen LogP contribution in [0.5, 0.6) is 0 Å². The molecule has 1 aromatic carbocycles. The van der Waals surface area contributed by atoms with Gasteiger partial charge in [0.2, 0.25) is 0 Å². The topological polar surface area (TPSA) is 56.2 Å². The number of rotatable bonds is 4. The minimum atomic E-state index is -1.08. The second-order valence-electron chi connectivity index (χ2n) is 4.31. The Balaban J connectivity index is 2.14. The van der Waals surface area contributed by atoms with Crippen molar-refractivity contribution in [2.45, 2.75) is 31.0 Å². The van der Waals surface area contributed by atoms with Crippen LogP contribution in [-0.2, 0) is 23.1 Å². The number of hydrogen-bond donors (Lipinski definition) is 1. The molecule has 4 heteroatoms. The molecule has 0 bridgehead atoms. The van der Waals surface area contributed by atoms with Crippen LogP contribution in [0.25, 0.3) is 0 Å². The van der Waals surface area contributed by atoms with Gasteiger partial charge in [-0.3, -0.25) is 4.21 Å². The first-order valence-electron chi connectivity index (χ1n) is 5.83. The van der Waals surface area contributed by atoms with Crippen LogP contribution in [0, 0.1) is 13.8 Å². The van der Waals surface area contributed by atoms with E-state index in [1.165, 1.54) is 5.56 Å². The summed E-state index contributed by atoms with van der Waals surface area (Å²) in [6, 6.07) is 9.54. The van der Waals surface area contributed by atoms with E-state index in [2.05, 4.69) is 0 Å². The lowest BCUT2D eigenvalue weighted by Crippen LogP contribution is -1.97. The van der Waals surface area contributed by atoms with E-state index in [-0.39, 0.29) is 0 Å². The van der Waals surface area contributed by atoms with E-state index in [0.29, 0.717) is 18.1 Å². The normalized spacial score (nSPS) is 12.6. The van der Waals surface area contributed by atoms with Gasteiger partial charge in [-0.25, -0.2) is 0 Å². The molecule has 0 aliphatic rings. The zero-order chi connectivity index (χ0) is 13.1. The van der Waals surface area contributed by atoms with Crippen LogP contribution in [0.1, 0.15) is 22.6 Å². The van der Waals surface area contributed by atoms with Gasteiger partial charge in [0.15, 0.2) is 0 Å². The van der Waals surface area contributed by atoms with Gasteiger partial charge in [0, 0.05) is 4.90 Å². The zero-order valence-corrected chi connectivity index (χ0v) is 11.4. The van der Waals surface area contributed by atoms with Gasteiger partial charge in [0.05, 0.1) is 23.1 Å². The fourth-order valence-electron chi connectivity index (χ4n) is 1.68. The van der Waals surface area contributed by atoms with Crippen molar-refractivity contribution in [3.63, 3.8) is 0 Å². The molecule has 3 nitrogen and oxygen atoms in total. The molecule has 2 aromatic rings. The second-order valence-corrected chi connectivity index (χ2v) is 5.76. The van der Waals surface area contributed by atoms with E-state index in [1.807, 2.05) is 44.2 Å². The molecule has 0 saturated heterocycles. The van der Waals surface area contributed by atoms with Gasteiger partial charge in [0.25, 0.3) is 0 Å². The summed E-state index contributed by atoms with van der Waals surface area (Å²) in [5, 5.41) is 0. The molecule has 2 rings (SSSR count). The van der Waals surface area contributed by atoms with Crippen molar-refractivity contribution in [2.24, 2.45) is 5.73 Å². The summed E-state index contributed by atoms with van der Waals surface area (Å²) in [5.74, 6) is 1.83. The van der Waals surface area contributed by atoms with Crippen LogP contribution in [-0.4, -0.2) is 4.21 Å². The number of benzene rings is 1. The van der Waals surface area contributed by atoms with Crippen LogP contribution in [0.4, 0.5) is 0 Å². The molecular weight excluding hydrogens is 246 g/mol. The van der Waals surface area contributed by atoms with Crippen LogP contribution < -0.4 is 5.73 Å². The first-order chi connectivity index (χ1) is 8.60. The number of aryl methyl sites for hydroxylation is 2. The Morgan fingerprint density at radius 1 is 1.11 bits per heavy atom. The summed E-state index contributed by atoms with van der Waals surface area (Å²) in [6.45, 7) is 4.44. The summed E-state index contributed by atoms with van der Waals surface area (Å²) in [7, 11) is -1.08. The van der Waals surface area contributed by atoms with Crippen molar-refractivity contribution in [2.75, 3.05) is 0 Å². The molecule has 1 heterocycles. The van der Waals surface area contributed by atoms with Crippen LogP contribution in [0.2, 0.25) is 0 Å². The molecule has 0 aliphatic carbocycles. The Morgan fingerprint density at radius 3 is 2.44 bits per heavy atom. The first-order valence-corrected chi connectivity index (χ1v) is 7.15. The van der Waals surface area contributed by atoms with Crippen molar-refractivity contribution in [3.05, 3.63) is 53.0 Å². The van der Waals surface area contributed by atoms with E-state index >= 15 is 0 Å². The van der Waals surface area contributed by atoms with E-state index in [9.17, 15) is 4.21 Å². The fourth-order valence-corrected chi connectivity index (χ4v) is 2.79. The zero-order valence-electron chi connectivity index (χ0n) is 10.6. The summed E-state index contributed by atoms with van der Waals surface area (Å²) in [6.07, 6.45) is 0. The third kappa shape index (κ3) is 2.89. The van der Waals surface area contributed by atoms with E-state index < -0.39 is 10.8 Å². The average Bonchev–Trinajstić information content (AvgIpc) is 2.80. The van der Waals surface area contributed by atoms with Gasteiger partial charge < -0.3 is 10.2 Å². The third-order valence-corrected chi connectivity index (χ3v) is 4.26. The Bertz CT molecular complexity index is 575. The van der Waals surface area contributed by atoms with E-state index in [0.717, 1.165) is 16.2 Å². The molecule has 96 valence electrons. The molecule has 0 radical (unpaired) electrons. The molecule has 2 N–H and O–H groups in total. The highest BCUT2D eigenvalue weighted by Crippen LogP contribution is 2.17. The maximum Gasteiger partial charge on any atom is 0.117 e. The summed E-state index contributed by atoms with van der Waals surface area (Å²) in [4.78, 5) is 0.837. The van der Waals surface area contributed by atoms with Gasteiger partial charge in [-0.15, -0.1) is 0 Å². The van der Waals surface area contributed by atoms with Gasteiger partial charge in [-0.2, -0.15) is 0 Å². The predicted octanol–water partition coefficient (Wildman–Crippen LogP) is 2.66. The third-order valence-electron chi connectivity index (χ3n) is 2.93. The SMILES string of the molecule is Cc1ccc(S(=O)Cc2ccc(CN)o2)cc1C. The standard InChI is InChI=1S/C14H17NO2S/c1-10-3-6-14(7-11(10)2)18(16)9-13-5-4-12(8-15)17-13/h3-7H,8-9,15H2,1-2H3. The lowest BCUT2D eigenvalue weighted by Gasteiger charge is -2.04. The van der Waals surface area contributed by atoms with Crippen molar-refractivity contribution in [3.8, 4) is 0 Å². The minimum Gasteiger partial charge on any atom is -0.464 e. The van der Waals surface area contributed by atoms with Crippen LogP contribution in [0.3, 0.4) is 0 Å². The molecule has 1 atom stereocenters. The lowest BCUT2D eigenvalue weighted by molar-refractivity contribution is 0.481. The number of furan rings is 1. The van der Waals surface area contributed by atoms with E-state index in [1.54, 1.807) is 0 Å². The second kappa shape index (κ2) is 5.50. The van der Waals surface area contributed by atoms with E-state index in [4.69, 9.17) is 10.2 Å². The van der Waals surface area contributed by atoms with Crippen molar-refractivity contribution >= 4 is 10.8 Å². The number of hydrogen-bond acceptors (Lipinski definition) is 3. The summed E-state index contributed by atoms with van der Waals surface area (Å²) in [5.41, 5.74) is 7.84. The molecule has 0 amide bonds. The van der Waals surface area contributed by atoms with Crippen molar-refractivity contribution in [1.82, 2.24) is 0 Å². The molecule has 0 fully saturated rings. The van der Waals surface area contributed by atoms with Crippen molar-refractivity contribution in [1.29, 1.82) is 0 Å². The highest BCUT2D eigenvalue weighted by Gasteiger charge is 2.09. The van der Waals surface area contributed by atoms with Gasteiger partial charge in [-0.05, 0) is 49.2 Å². The summed E-state index contributed by atoms with van der Waals surface area (Å²) < 4.78 is 17.7. The van der Waals surface area contributed by atoms with Gasteiger partial charge in [0.1, 0.15) is 11.5 Å². The maximum absolute atomic E-state index is 12.2. The monoisotopic (exact) mass is 263 g/mol. The van der Waals surface area contributed by atoms with Crippen LogP contribution in [0.15, 0.2) is 39.6 Å². The quantitative estimate of drug-likeness (QED) is 0.922. The first kappa shape index (κ1) is 13.1. The molecule has 0 spiro atoms. The molecule has 0 saturated carbocycles. The summed E-state index contributed by atoms with van der Waals surface area (Å²) >= 11 is 0. The molecule has 1 unspecified atom stereocenters. The van der Waals surface area contributed by atoms with Crippen LogP contribution >= 0.6 is 0 Å².